The van der Waals surface area contributed by atoms with Gasteiger partial charge in [-0.3, -0.25) is 24.1 Å². The van der Waals surface area contributed by atoms with Crippen LogP contribution in [0.4, 0.5) is 0 Å². The molecule has 0 unspecified atom stereocenters. The van der Waals surface area contributed by atoms with Gasteiger partial charge in [0.25, 0.3) is 17.7 Å². The summed E-state index contributed by atoms with van der Waals surface area (Å²) in [5.74, 6) is -0.601. The lowest BCUT2D eigenvalue weighted by molar-refractivity contribution is -0.131. The Bertz CT molecular complexity index is 1030. The van der Waals surface area contributed by atoms with Gasteiger partial charge >= 0.3 is 0 Å². The summed E-state index contributed by atoms with van der Waals surface area (Å²) in [5.41, 5.74) is 2.57. The van der Waals surface area contributed by atoms with Crippen molar-refractivity contribution in [1.29, 1.82) is 0 Å². The first kappa shape index (κ1) is 21.7. The summed E-state index contributed by atoms with van der Waals surface area (Å²) in [7, 11) is 0. The Morgan fingerprint density at radius 1 is 0.844 bits per heavy atom. The predicted octanol–water partition coefficient (Wildman–Crippen LogP) is 2.75. The molecule has 0 aliphatic carbocycles. The smallest absolute Gasteiger partial charge is 0.261 e. The highest BCUT2D eigenvalue weighted by atomic mass is 16.2. The van der Waals surface area contributed by atoms with Gasteiger partial charge in [0.2, 0.25) is 5.91 Å². The highest BCUT2D eigenvalue weighted by molar-refractivity contribution is 6.21. The zero-order valence-electron chi connectivity index (χ0n) is 18.3. The molecule has 1 saturated heterocycles. The van der Waals surface area contributed by atoms with Crippen molar-refractivity contribution in [3.05, 3.63) is 70.8 Å². The van der Waals surface area contributed by atoms with Gasteiger partial charge in [0, 0.05) is 44.7 Å². The summed E-state index contributed by atoms with van der Waals surface area (Å²) in [6.07, 6.45) is 1.41. The molecular formula is C25H27N3O4. The number of aryl methyl sites for hydroxylation is 1. The molecule has 2 aliphatic rings. The van der Waals surface area contributed by atoms with Crippen LogP contribution in [0.5, 0.6) is 0 Å². The molecule has 166 valence electrons. The van der Waals surface area contributed by atoms with Crippen LogP contribution in [0.25, 0.3) is 0 Å². The van der Waals surface area contributed by atoms with Gasteiger partial charge in [-0.15, -0.1) is 0 Å². The second-order valence-corrected chi connectivity index (χ2v) is 8.31. The SMILES string of the molecule is Cc1cccc(C(=O)N2CCCN(C(=O)CCCN3C(=O)c4ccccc4C3=O)CC2)c1. The first-order chi connectivity index (χ1) is 15.5. The summed E-state index contributed by atoms with van der Waals surface area (Å²) in [5, 5.41) is 0. The van der Waals surface area contributed by atoms with Crippen molar-refractivity contribution < 1.29 is 19.2 Å². The van der Waals surface area contributed by atoms with Crippen LogP contribution >= 0.6 is 0 Å². The molecule has 7 nitrogen and oxygen atoms in total. The number of imide groups is 1. The molecule has 4 rings (SSSR count). The molecule has 1 fully saturated rings. The van der Waals surface area contributed by atoms with Crippen LogP contribution in [0.2, 0.25) is 0 Å². The van der Waals surface area contributed by atoms with Gasteiger partial charge in [0.05, 0.1) is 11.1 Å². The topological polar surface area (TPSA) is 78.0 Å². The number of hydrogen-bond acceptors (Lipinski definition) is 4. The first-order valence-electron chi connectivity index (χ1n) is 11.0. The van der Waals surface area contributed by atoms with Crippen molar-refractivity contribution in [3.8, 4) is 0 Å². The fourth-order valence-electron chi connectivity index (χ4n) is 4.32. The first-order valence-corrected chi connectivity index (χ1v) is 11.0. The van der Waals surface area contributed by atoms with Gasteiger partial charge in [0.1, 0.15) is 0 Å². The molecule has 0 spiro atoms. The third-order valence-electron chi connectivity index (χ3n) is 6.05. The van der Waals surface area contributed by atoms with E-state index in [1.54, 1.807) is 34.1 Å². The fourth-order valence-corrected chi connectivity index (χ4v) is 4.32. The maximum Gasteiger partial charge on any atom is 0.261 e. The largest absolute Gasteiger partial charge is 0.341 e. The number of fused-ring (bicyclic) bond motifs is 1. The number of benzene rings is 2. The molecule has 0 aromatic heterocycles. The number of carbonyl (C=O) groups is 4. The summed E-state index contributed by atoms with van der Waals surface area (Å²) in [6.45, 7) is 4.39. The standard InChI is InChI=1S/C25H27N3O4/c1-18-7-4-8-19(17-18)23(30)27-13-6-12-26(15-16-27)22(29)11-5-14-28-24(31)20-9-2-3-10-21(20)25(28)32/h2-4,7-10,17H,5-6,11-16H2,1H3. The maximum atomic E-state index is 12.8. The molecule has 2 aromatic carbocycles. The molecule has 0 radical (unpaired) electrons. The average Bonchev–Trinajstić information content (AvgIpc) is 2.96. The predicted molar refractivity (Wildman–Crippen MR) is 119 cm³/mol. The van der Waals surface area contributed by atoms with E-state index in [4.69, 9.17) is 0 Å². The molecular weight excluding hydrogens is 406 g/mol. The zero-order chi connectivity index (χ0) is 22.7. The number of carbonyl (C=O) groups excluding carboxylic acids is 4. The second-order valence-electron chi connectivity index (χ2n) is 8.31. The average molecular weight is 434 g/mol. The Hall–Kier alpha value is -3.48. The van der Waals surface area contributed by atoms with Crippen molar-refractivity contribution in [3.63, 3.8) is 0 Å². The molecule has 2 aliphatic heterocycles. The van der Waals surface area contributed by atoms with Crippen LogP contribution in [0.1, 0.15) is 55.9 Å². The Morgan fingerprint density at radius 2 is 1.50 bits per heavy atom. The molecule has 0 bridgehead atoms. The zero-order valence-corrected chi connectivity index (χ0v) is 18.3. The number of nitrogens with zero attached hydrogens (tertiary/aromatic N) is 3. The Morgan fingerprint density at radius 3 is 2.19 bits per heavy atom. The van der Waals surface area contributed by atoms with Crippen molar-refractivity contribution in [2.24, 2.45) is 0 Å². The van der Waals surface area contributed by atoms with E-state index in [1.165, 1.54) is 4.90 Å². The van der Waals surface area contributed by atoms with Crippen LogP contribution in [0.3, 0.4) is 0 Å². The summed E-state index contributed by atoms with van der Waals surface area (Å²) < 4.78 is 0. The van der Waals surface area contributed by atoms with E-state index in [0.29, 0.717) is 49.3 Å². The van der Waals surface area contributed by atoms with Gasteiger partial charge in [0.15, 0.2) is 0 Å². The normalized spacial score (nSPS) is 16.2. The number of hydrogen-bond donors (Lipinski definition) is 0. The summed E-state index contributed by atoms with van der Waals surface area (Å²) in [4.78, 5) is 55.2. The highest BCUT2D eigenvalue weighted by Gasteiger charge is 2.34. The lowest BCUT2D eigenvalue weighted by Crippen LogP contribution is -2.38. The van der Waals surface area contributed by atoms with Gasteiger partial charge < -0.3 is 9.80 Å². The fraction of sp³-hybridized carbons (Fsp3) is 0.360. The monoisotopic (exact) mass is 433 g/mol. The summed E-state index contributed by atoms with van der Waals surface area (Å²) in [6, 6.07) is 14.3. The maximum absolute atomic E-state index is 12.8. The molecule has 32 heavy (non-hydrogen) atoms. The minimum absolute atomic E-state index is 0.00590. The van der Waals surface area contributed by atoms with E-state index in [-0.39, 0.29) is 36.6 Å². The third kappa shape index (κ3) is 4.42. The van der Waals surface area contributed by atoms with Gasteiger partial charge in [-0.1, -0.05) is 29.8 Å². The second kappa shape index (κ2) is 9.34. The Balaban J connectivity index is 1.27. The van der Waals surface area contributed by atoms with E-state index in [0.717, 1.165) is 12.0 Å². The van der Waals surface area contributed by atoms with E-state index in [2.05, 4.69) is 0 Å². The van der Waals surface area contributed by atoms with Gasteiger partial charge in [-0.05, 0) is 44.0 Å². The molecule has 7 heteroatoms. The van der Waals surface area contributed by atoms with Crippen LogP contribution in [0.15, 0.2) is 48.5 Å². The highest BCUT2D eigenvalue weighted by Crippen LogP contribution is 2.22. The number of rotatable bonds is 5. The van der Waals surface area contributed by atoms with E-state index in [9.17, 15) is 19.2 Å². The third-order valence-corrected chi connectivity index (χ3v) is 6.05. The number of amides is 4. The lowest BCUT2D eigenvalue weighted by Gasteiger charge is -2.23. The van der Waals surface area contributed by atoms with Crippen LogP contribution in [-0.2, 0) is 4.79 Å². The van der Waals surface area contributed by atoms with Gasteiger partial charge in [-0.2, -0.15) is 0 Å². The summed E-state index contributed by atoms with van der Waals surface area (Å²) >= 11 is 0. The van der Waals surface area contributed by atoms with E-state index >= 15 is 0 Å². The molecule has 0 atom stereocenters. The lowest BCUT2D eigenvalue weighted by atomic mass is 10.1. The van der Waals surface area contributed by atoms with E-state index in [1.807, 2.05) is 31.2 Å². The van der Waals surface area contributed by atoms with Crippen LogP contribution in [-0.4, -0.2) is 71.1 Å². The van der Waals surface area contributed by atoms with Crippen molar-refractivity contribution in [1.82, 2.24) is 14.7 Å². The van der Waals surface area contributed by atoms with Crippen molar-refractivity contribution in [2.75, 3.05) is 32.7 Å². The molecule has 2 aromatic rings. The quantitative estimate of drug-likeness (QED) is 0.680. The molecule has 0 saturated carbocycles. The Kier molecular flexibility index (Phi) is 6.35. The molecule has 2 heterocycles. The Labute approximate surface area is 187 Å². The van der Waals surface area contributed by atoms with Crippen molar-refractivity contribution >= 4 is 23.6 Å². The molecule has 0 N–H and O–H groups in total. The van der Waals surface area contributed by atoms with E-state index < -0.39 is 0 Å². The minimum Gasteiger partial charge on any atom is -0.341 e. The minimum atomic E-state index is -0.293. The van der Waals surface area contributed by atoms with Gasteiger partial charge in [-0.25, -0.2) is 0 Å². The molecule has 4 amide bonds. The van der Waals surface area contributed by atoms with Crippen LogP contribution in [0, 0.1) is 6.92 Å². The van der Waals surface area contributed by atoms with Crippen LogP contribution < -0.4 is 0 Å². The van der Waals surface area contributed by atoms with Crippen molar-refractivity contribution in [2.45, 2.75) is 26.2 Å².